The molecule has 1 N–H and O–H groups in total. The normalized spacial score (nSPS) is 13.5. The van der Waals surface area contributed by atoms with Crippen LogP contribution >= 0.6 is 0 Å². The molecule has 124 valence electrons. The number of hydrogen-bond acceptors (Lipinski definition) is 3. The lowest BCUT2D eigenvalue weighted by Gasteiger charge is -2.18. The van der Waals surface area contributed by atoms with Gasteiger partial charge >= 0.3 is 0 Å². The Kier molecular flexibility index (Phi) is 4.81. The Morgan fingerprint density at radius 2 is 1.79 bits per heavy atom. The van der Waals surface area contributed by atoms with Gasteiger partial charge in [0.1, 0.15) is 0 Å². The second kappa shape index (κ2) is 7.01. The minimum Gasteiger partial charge on any atom is -0.377 e. The van der Waals surface area contributed by atoms with Crippen LogP contribution in [-0.2, 0) is 10.8 Å². The van der Waals surface area contributed by atoms with Gasteiger partial charge in [0.2, 0.25) is 0 Å². The zero-order valence-corrected chi connectivity index (χ0v) is 14.9. The summed E-state index contributed by atoms with van der Waals surface area (Å²) in [7, 11) is -0.947. The van der Waals surface area contributed by atoms with Gasteiger partial charge in [0.15, 0.2) is 0 Å². The topological polar surface area (TPSA) is 46.9 Å². The van der Waals surface area contributed by atoms with E-state index >= 15 is 0 Å². The first kappa shape index (κ1) is 16.5. The van der Waals surface area contributed by atoms with Crippen LogP contribution in [0.25, 0.3) is 5.69 Å². The van der Waals surface area contributed by atoms with Crippen molar-refractivity contribution in [1.82, 2.24) is 9.78 Å². The van der Waals surface area contributed by atoms with Crippen molar-refractivity contribution in [3.63, 3.8) is 0 Å². The van der Waals surface area contributed by atoms with Crippen molar-refractivity contribution in [3.05, 3.63) is 72.1 Å². The van der Waals surface area contributed by atoms with E-state index in [-0.39, 0.29) is 6.04 Å². The van der Waals surface area contributed by atoms with Crippen molar-refractivity contribution in [2.45, 2.75) is 24.8 Å². The molecule has 0 spiro atoms. The van der Waals surface area contributed by atoms with Crippen LogP contribution in [0.4, 0.5) is 5.69 Å². The van der Waals surface area contributed by atoms with E-state index in [1.54, 1.807) is 6.26 Å². The van der Waals surface area contributed by atoms with Gasteiger partial charge in [0, 0.05) is 34.2 Å². The highest BCUT2D eigenvalue weighted by Gasteiger charge is 2.10. The van der Waals surface area contributed by atoms with Gasteiger partial charge in [-0.3, -0.25) is 4.21 Å². The van der Waals surface area contributed by atoms with Crippen LogP contribution in [0.1, 0.15) is 24.2 Å². The Hall–Kier alpha value is -2.40. The van der Waals surface area contributed by atoms with Gasteiger partial charge in [-0.05, 0) is 49.7 Å². The summed E-state index contributed by atoms with van der Waals surface area (Å²) in [5.41, 5.74) is 4.18. The molecule has 3 aromatic rings. The summed E-state index contributed by atoms with van der Waals surface area (Å²) in [6.07, 6.45) is 3.66. The van der Waals surface area contributed by atoms with Gasteiger partial charge in [0.25, 0.3) is 0 Å². The number of benzene rings is 2. The summed E-state index contributed by atoms with van der Waals surface area (Å²) in [6, 6.07) is 18.1. The smallest absolute Gasteiger partial charge is 0.0877 e. The monoisotopic (exact) mass is 339 g/mol. The third-order valence-electron chi connectivity index (χ3n) is 3.96. The molecule has 24 heavy (non-hydrogen) atoms. The number of aryl methyl sites for hydroxylation is 1. The van der Waals surface area contributed by atoms with Gasteiger partial charge < -0.3 is 5.32 Å². The summed E-state index contributed by atoms with van der Waals surface area (Å²) in [5, 5.41) is 8.04. The molecule has 0 saturated heterocycles. The largest absolute Gasteiger partial charge is 0.377 e. The number of para-hydroxylation sites is 2. The lowest BCUT2D eigenvalue weighted by Crippen LogP contribution is -2.09. The van der Waals surface area contributed by atoms with Crippen molar-refractivity contribution in [1.29, 1.82) is 0 Å². The fourth-order valence-electron chi connectivity index (χ4n) is 2.61. The number of aromatic nitrogens is 2. The average molecular weight is 339 g/mol. The zero-order valence-electron chi connectivity index (χ0n) is 14.1. The van der Waals surface area contributed by atoms with E-state index in [2.05, 4.69) is 23.4 Å². The highest BCUT2D eigenvalue weighted by Crippen LogP contribution is 2.25. The van der Waals surface area contributed by atoms with E-state index in [1.165, 1.54) is 0 Å². The first-order valence-electron chi connectivity index (χ1n) is 7.86. The molecule has 0 fully saturated rings. The van der Waals surface area contributed by atoms with Gasteiger partial charge in [0.05, 0.1) is 17.1 Å². The summed E-state index contributed by atoms with van der Waals surface area (Å²) in [5.74, 6) is 0. The van der Waals surface area contributed by atoms with Crippen LogP contribution in [0.15, 0.2) is 65.7 Å². The fourth-order valence-corrected chi connectivity index (χ4v) is 3.13. The average Bonchev–Trinajstić information content (AvgIpc) is 3.01. The molecule has 5 heteroatoms. The molecule has 0 unspecified atom stereocenters. The molecular formula is C19H21N3OS. The van der Waals surface area contributed by atoms with Crippen LogP contribution < -0.4 is 5.32 Å². The van der Waals surface area contributed by atoms with E-state index in [4.69, 9.17) is 0 Å². The Balaban J connectivity index is 1.84. The Morgan fingerprint density at radius 3 is 2.42 bits per heavy atom. The molecule has 0 aliphatic rings. The maximum absolute atomic E-state index is 11.5. The van der Waals surface area contributed by atoms with E-state index in [0.29, 0.717) is 0 Å². The van der Waals surface area contributed by atoms with Crippen LogP contribution in [0.2, 0.25) is 0 Å². The number of rotatable bonds is 5. The maximum Gasteiger partial charge on any atom is 0.0877 e. The van der Waals surface area contributed by atoms with E-state index in [9.17, 15) is 4.21 Å². The fraction of sp³-hybridized carbons (Fsp3) is 0.211. The Labute approximate surface area is 145 Å². The first-order chi connectivity index (χ1) is 11.5. The maximum atomic E-state index is 11.5. The number of nitrogens with one attached hydrogen (secondary N) is 1. The molecular weight excluding hydrogens is 318 g/mol. The van der Waals surface area contributed by atoms with Crippen LogP contribution in [-0.4, -0.2) is 20.2 Å². The molecule has 2 atom stereocenters. The quantitative estimate of drug-likeness (QED) is 0.761. The minimum atomic E-state index is -0.947. The minimum absolute atomic E-state index is 0.127. The lowest BCUT2D eigenvalue weighted by molar-refractivity contribution is 0.686. The standard InChI is InChI=1S/C19H21N3OS/c1-14-12-13-22(21-14)19-7-5-4-6-18(19)20-15(2)16-8-10-17(11-9-16)24(3)23/h4-13,15,20H,1-3H3/t15-,24-/m0/s1. The van der Waals surface area contributed by atoms with Crippen LogP contribution in [0, 0.1) is 6.92 Å². The zero-order chi connectivity index (χ0) is 17.1. The first-order valence-corrected chi connectivity index (χ1v) is 9.42. The summed E-state index contributed by atoms with van der Waals surface area (Å²) in [4.78, 5) is 0.846. The highest BCUT2D eigenvalue weighted by atomic mass is 32.2. The second-order valence-electron chi connectivity index (χ2n) is 5.81. The molecule has 4 nitrogen and oxygen atoms in total. The molecule has 0 radical (unpaired) electrons. The number of hydrogen-bond donors (Lipinski definition) is 1. The summed E-state index contributed by atoms with van der Waals surface area (Å²) >= 11 is 0. The van der Waals surface area contributed by atoms with Crippen molar-refractivity contribution in [2.24, 2.45) is 0 Å². The summed E-state index contributed by atoms with van der Waals surface area (Å²) < 4.78 is 13.4. The summed E-state index contributed by atoms with van der Waals surface area (Å²) in [6.45, 7) is 4.09. The Bertz CT molecular complexity index is 855. The van der Waals surface area contributed by atoms with Gasteiger partial charge in [-0.2, -0.15) is 5.10 Å². The highest BCUT2D eigenvalue weighted by molar-refractivity contribution is 7.84. The Morgan fingerprint density at radius 1 is 1.08 bits per heavy atom. The van der Waals surface area contributed by atoms with Crippen LogP contribution in [0.5, 0.6) is 0 Å². The molecule has 3 rings (SSSR count). The molecule has 0 bridgehead atoms. The van der Waals surface area contributed by atoms with Gasteiger partial charge in [-0.1, -0.05) is 24.3 Å². The van der Waals surface area contributed by atoms with E-state index < -0.39 is 10.8 Å². The molecule has 0 aliphatic heterocycles. The molecule has 1 heterocycles. The molecule has 1 aromatic heterocycles. The van der Waals surface area contributed by atoms with Crippen molar-refractivity contribution < 1.29 is 4.21 Å². The second-order valence-corrected chi connectivity index (χ2v) is 7.19. The van der Waals surface area contributed by atoms with Gasteiger partial charge in [-0.25, -0.2) is 4.68 Å². The predicted molar refractivity (Wildman–Crippen MR) is 99.1 cm³/mol. The van der Waals surface area contributed by atoms with E-state index in [0.717, 1.165) is 27.5 Å². The SMILES string of the molecule is Cc1ccn(-c2ccccc2N[C@@H](C)c2ccc([S@](C)=O)cc2)n1. The number of anilines is 1. The van der Waals surface area contributed by atoms with Crippen molar-refractivity contribution in [3.8, 4) is 5.69 Å². The van der Waals surface area contributed by atoms with E-state index in [1.807, 2.05) is 66.3 Å². The molecule has 0 saturated carbocycles. The van der Waals surface area contributed by atoms with Crippen molar-refractivity contribution in [2.75, 3.05) is 11.6 Å². The molecule has 0 aliphatic carbocycles. The van der Waals surface area contributed by atoms with Crippen LogP contribution in [0.3, 0.4) is 0 Å². The third kappa shape index (κ3) is 3.57. The van der Waals surface area contributed by atoms with Crippen molar-refractivity contribution >= 4 is 16.5 Å². The molecule has 2 aromatic carbocycles. The number of nitrogens with zero attached hydrogens (tertiary/aromatic N) is 2. The third-order valence-corrected chi connectivity index (χ3v) is 4.89. The molecule has 0 amide bonds. The predicted octanol–water partition coefficient (Wildman–Crippen LogP) is 4.09. The lowest BCUT2D eigenvalue weighted by atomic mass is 10.1. The van der Waals surface area contributed by atoms with Gasteiger partial charge in [-0.15, -0.1) is 0 Å².